The first kappa shape index (κ1) is 25.3. The minimum Gasteiger partial charge on any atom is -0.477 e. The number of pyridine rings is 1. The van der Waals surface area contributed by atoms with E-state index in [2.05, 4.69) is 4.98 Å². The van der Waals surface area contributed by atoms with Crippen LogP contribution in [0.3, 0.4) is 0 Å². The van der Waals surface area contributed by atoms with Crippen LogP contribution in [0.5, 0.6) is 5.88 Å². The van der Waals surface area contributed by atoms with Crippen LogP contribution in [0.25, 0.3) is 5.65 Å². The molecule has 9 heteroatoms. The number of hydrogen-bond donors (Lipinski definition) is 0. The van der Waals surface area contributed by atoms with E-state index in [1.807, 2.05) is 25.1 Å². The highest BCUT2D eigenvalue weighted by molar-refractivity contribution is 5.51. The molecule has 4 heterocycles. The molecule has 0 spiro atoms. The van der Waals surface area contributed by atoms with Crippen LogP contribution in [0.15, 0.2) is 29.2 Å². The lowest BCUT2D eigenvalue weighted by molar-refractivity contribution is -0.0382. The monoisotopic (exact) mass is 524 g/mol. The number of fused-ring (bicyclic) bond motifs is 1. The van der Waals surface area contributed by atoms with Crippen molar-refractivity contribution in [1.29, 1.82) is 0 Å². The maximum Gasteiger partial charge on any atom is 0.277 e. The van der Waals surface area contributed by atoms with Gasteiger partial charge in [0.25, 0.3) is 5.56 Å². The lowest BCUT2D eigenvalue weighted by Gasteiger charge is -2.31. The highest BCUT2D eigenvalue weighted by Gasteiger charge is 2.37. The van der Waals surface area contributed by atoms with Crippen LogP contribution < -0.4 is 10.3 Å². The van der Waals surface area contributed by atoms with E-state index in [-0.39, 0.29) is 36.3 Å². The number of aromatic nitrogens is 4. The van der Waals surface area contributed by atoms with Crippen LogP contribution in [0, 0.1) is 19.8 Å². The molecule has 3 aromatic rings. The number of alkyl halides is 2. The molecular formula is C29H34F2N4O3. The average Bonchev–Trinajstić information content (AvgIpc) is 3.75. The van der Waals surface area contributed by atoms with Crippen LogP contribution >= 0.6 is 0 Å². The smallest absolute Gasteiger partial charge is 0.277 e. The van der Waals surface area contributed by atoms with E-state index in [1.165, 1.54) is 17.4 Å². The molecule has 6 rings (SSSR count). The third kappa shape index (κ3) is 5.17. The molecule has 0 bridgehead atoms. The molecule has 0 N–H and O–H groups in total. The molecule has 3 aromatic heterocycles. The van der Waals surface area contributed by atoms with Gasteiger partial charge in [-0.1, -0.05) is 0 Å². The van der Waals surface area contributed by atoms with E-state index in [0.717, 1.165) is 23.2 Å². The van der Waals surface area contributed by atoms with E-state index in [0.29, 0.717) is 61.2 Å². The Kier molecular flexibility index (Phi) is 6.66. The molecule has 0 amide bonds. The zero-order chi connectivity index (χ0) is 26.4. The van der Waals surface area contributed by atoms with Gasteiger partial charge in [0, 0.05) is 54.5 Å². The Morgan fingerprint density at radius 2 is 1.89 bits per heavy atom. The summed E-state index contributed by atoms with van der Waals surface area (Å²) in [7, 11) is 0. The first-order valence-corrected chi connectivity index (χ1v) is 13.8. The molecule has 3 aliphatic rings. The summed E-state index contributed by atoms with van der Waals surface area (Å²) >= 11 is 0. The summed E-state index contributed by atoms with van der Waals surface area (Å²) in [6.07, 6.45) is 5.93. The van der Waals surface area contributed by atoms with Gasteiger partial charge in [0.1, 0.15) is 0 Å². The molecule has 7 nitrogen and oxygen atoms in total. The lowest BCUT2D eigenvalue weighted by atomic mass is 9.81. The molecule has 0 aromatic carbocycles. The van der Waals surface area contributed by atoms with Gasteiger partial charge in [-0.2, -0.15) is 9.61 Å². The van der Waals surface area contributed by atoms with E-state index < -0.39 is 5.92 Å². The van der Waals surface area contributed by atoms with Gasteiger partial charge in [0.2, 0.25) is 11.8 Å². The normalized spacial score (nSPS) is 24.0. The second kappa shape index (κ2) is 9.98. The Bertz CT molecular complexity index is 1390. The van der Waals surface area contributed by atoms with Crippen molar-refractivity contribution in [3.8, 4) is 5.88 Å². The molecule has 2 unspecified atom stereocenters. The largest absolute Gasteiger partial charge is 0.477 e. The standard InChI is InChI=1S/C29H34F2N4O3/c1-17-18(2)33-27-23(20-5-9-29(30,31)10-6-20)15-24(34-35(27)28(17)36)21-8-12-37-25(13-21)22-7-11-32-26(14-22)38-16-19-3-4-19/h7,11,14-15,19-21,25H,3-6,8-10,12-13,16H2,1-2H3. The van der Waals surface area contributed by atoms with Crippen LogP contribution in [0.4, 0.5) is 8.78 Å². The zero-order valence-corrected chi connectivity index (χ0v) is 22.0. The molecule has 2 saturated carbocycles. The molecule has 2 atom stereocenters. The van der Waals surface area contributed by atoms with E-state index in [9.17, 15) is 13.6 Å². The van der Waals surface area contributed by atoms with Crippen molar-refractivity contribution < 1.29 is 18.3 Å². The Hall–Kier alpha value is -2.94. The van der Waals surface area contributed by atoms with Crippen molar-refractivity contribution in [1.82, 2.24) is 19.6 Å². The van der Waals surface area contributed by atoms with Gasteiger partial charge in [-0.15, -0.1) is 0 Å². The second-order valence-corrected chi connectivity index (χ2v) is 11.3. The summed E-state index contributed by atoms with van der Waals surface area (Å²) in [5.41, 5.74) is 4.15. The quantitative estimate of drug-likeness (QED) is 0.405. The molecule has 1 aliphatic heterocycles. The van der Waals surface area contributed by atoms with Crippen molar-refractivity contribution >= 4 is 5.65 Å². The van der Waals surface area contributed by atoms with E-state index in [4.69, 9.17) is 19.6 Å². The topological polar surface area (TPSA) is 78.6 Å². The fourth-order valence-electron chi connectivity index (χ4n) is 5.69. The van der Waals surface area contributed by atoms with Crippen molar-refractivity contribution in [3.63, 3.8) is 0 Å². The van der Waals surface area contributed by atoms with Gasteiger partial charge in [-0.25, -0.2) is 18.7 Å². The van der Waals surface area contributed by atoms with E-state index in [1.54, 1.807) is 13.1 Å². The van der Waals surface area contributed by atoms with Crippen molar-refractivity contribution in [2.75, 3.05) is 13.2 Å². The Labute approximate surface area is 220 Å². The first-order chi connectivity index (χ1) is 18.3. The number of hydrogen-bond acceptors (Lipinski definition) is 6. The summed E-state index contributed by atoms with van der Waals surface area (Å²) in [6, 6.07) is 5.94. The van der Waals surface area contributed by atoms with Crippen LogP contribution in [0.1, 0.15) is 97.4 Å². The molecule has 202 valence electrons. The highest BCUT2D eigenvalue weighted by atomic mass is 19.3. The van der Waals surface area contributed by atoms with E-state index >= 15 is 0 Å². The predicted molar refractivity (Wildman–Crippen MR) is 138 cm³/mol. The third-order valence-electron chi connectivity index (χ3n) is 8.46. The van der Waals surface area contributed by atoms with Gasteiger partial charge in [-0.05, 0) is 81.9 Å². The van der Waals surface area contributed by atoms with Gasteiger partial charge in [0.05, 0.1) is 18.4 Å². The first-order valence-electron chi connectivity index (χ1n) is 13.8. The SMILES string of the molecule is Cc1nc2c(C3CCC(F)(F)CC3)cc(C3CCOC(c4ccnc(OCC5CC5)c4)C3)nn2c(=O)c1C. The summed E-state index contributed by atoms with van der Waals surface area (Å²) in [4.78, 5) is 22.3. The highest BCUT2D eigenvalue weighted by Crippen LogP contribution is 2.43. The average molecular weight is 525 g/mol. The summed E-state index contributed by atoms with van der Waals surface area (Å²) in [5, 5.41) is 4.79. The molecular weight excluding hydrogens is 490 g/mol. The van der Waals surface area contributed by atoms with Crippen LogP contribution in [0.2, 0.25) is 0 Å². The maximum absolute atomic E-state index is 14.0. The number of halogens is 2. The number of nitrogens with zero attached hydrogens (tertiary/aromatic N) is 4. The molecule has 3 fully saturated rings. The molecule has 38 heavy (non-hydrogen) atoms. The Balaban J connectivity index is 1.32. The Morgan fingerprint density at radius 3 is 2.66 bits per heavy atom. The molecule has 2 aliphatic carbocycles. The van der Waals surface area contributed by atoms with Crippen LogP contribution in [-0.2, 0) is 4.74 Å². The zero-order valence-electron chi connectivity index (χ0n) is 22.0. The molecule has 1 saturated heterocycles. The van der Waals surface area contributed by atoms with Gasteiger partial charge < -0.3 is 9.47 Å². The maximum atomic E-state index is 14.0. The summed E-state index contributed by atoms with van der Waals surface area (Å²) < 4.78 is 41.4. The fourth-order valence-corrected chi connectivity index (χ4v) is 5.69. The number of ether oxygens (including phenoxy) is 2. The summed E-state index contributed by atoms with van der Waals surface area (Å²) in [5.74, 6) is -1.39. The van der Waals surface area contributed by atoms with Gasteiger partial charge in [-0.3, -0.25) is 4.79 Å². The van der Waals surface area contributed by atoms with Crippen molar-refractivity contribution in [3.05, 3.63) is 62.8 Å². The molecule has 0 radical (unpaired) electrons. The van der Waals surface area contributed by atoms with Crippen molar-refractivity contribution in [2.24, 2.45) is 5.92 Å². The number of aryl methyl sites for hydroxylation is 1. The van der Waals surface area contributed by atoms with Crippen LogP contribution in [-0.4, -0.2) is 38.7 Å². The fraction of sp³-hybridized carbons (Fsp3) is 0.586. The third-order valence-corrected chi connectivity index (χ3v) is 8.46. The van der Waals surface area contributed by atoms with Gasteiger partial charge in [0.15, 0.2) is 5.65 Å². The number of rotatable bonds is 6. The van der Waals surface area contributed by atoms with Gasteiger partial charge >= 0.3 is 0 Å². The minimum atomic E-state index is -2.63. The summed E-state index contributed by atoms with van der Waals surface area (Å²) in [6.45, 7) is 4.82. The predicted octanol–water partition coefficient (Wildman–Crippen LogP) is 5.82. The Morgan fingerprint density at radius 1 is 1.11 bits per heavy atom. The second-order valence-electron chi connectivity index (χ2n) is 11.3. The minimum absolute atomic E-state index is 0.0550. The van der Waals surface area contributed by atoms with Crippen molar-refractivity contribution in [2.45, 2.75) is 89.1 Å². The lowest BCUT2D eigenvalue weighted by Crippen LogP contribution is -2.28.